The summed E-state index contributed by atoms with van der Waals surface area (Å²) < 4.78 is 0. The molecule has 0 atom stereocenters. The van der Waals surface area contributed by atoms with Gasteiger partial charge in [0, 0.05) is 19.3 Å². The van der Waals surface area contributed by atoms with E-state index in [1.807, 2.05) is 0 Å². The molecule has 100 valence electrons. The number of rotatable bonds is 2. The number of amides is 3. The van der Waals surface area contributed by atoms with Gasteiger partial charge in [-0.05, 0) is 6.07 Å². The van der Waals surface area contributed by atoms with Gasteiger partial charge in [0.05, 0.1) is 17.4 Å². The maximum Gasteiger partial charge on any atom is 0.337 e. The van der Waals surface area contributed by atoms with Gasteiger partial charge in [-0.15, -0.1) is 0 Å². The van der Waals surface area contributed by atoms with Crippen molar-refractivity contribution in [3.8, 4) is 0 Å². The van der Waals surface area contributed by atoms with Gasteiger partial charge in [-0.2, -0.15) is 0 Å². The molecule has 0 unspecified atom stereocenters. The van der Waals surface area contributed by atoms with E-state index in [4.69, 9.17) is 5.11 Å². The van der Waals surface area contributed by atoms with Gasteiger partial charge in [-0.25, -0.2) is 9.59 Å². The Bertz CT molecular complexity index is 531. The number of hydrogen-bond donors (Lipinski definition) is 3. The van der Waals surface area contributed by atoms with Crippen LogP contribution in [-0.4, -0.2) is 52.5 Å². The first-order valence-electron chi connectivity index (χ1n) is 5.57. The largest absolute Gasteiger partial charge is 0.478 e. The highest BCUT2D eigenvalue weighted by Crippen LogP contribution is 2.09. The zero-order valence-electron chi connectivity index (χ0n) is 9.92. The van der Waals surface area contributed by atoms with E-state index in [1.165, 1.54) is 23.4 Å². The van der Waals surface area contributed by atoms with Gasteiger partial charge in [0.25, 0.3) is 0 Å². The van der Waals surface area contributed by atoms with Gasteiger partial charge in [-0.3, -0.25) is 9.78 Å². The molecule has 1 fully saturated rings. The van der Waals surface area contributed by atoms with Crippen molar-refractivity contribution in [3.05, 3.63) is 24.0 Å². The molecule has 3 amide bonds. The summed E-state index contributed by atoms with van der Waals surface area (Å²) in [6.45, 7) is 0.793. The first-order valence-corrected chi connectivity index (χ1v) is 5.57. The predicted octanol–water partition coefficient (Wildman–Crippen LogP) is -0.256. The van der Waals surface area contributed by atoms with E-state index >= 15 is 0 Å². The Morgan fingerprint density at radius 2 is 2.21 bits per heavy atom. The number of piperazine rings is 1. The molecule has 1 aliphatic rings. The summed E-state index contributed by atoms with van der Waals surface area (Å²) in [5, 5.41) is 13.9. The highest BCUT2D eigenvalue weighted by molar-refractivity contribution is 5.94. The number of carboxylic acids is 1. The third-order valence-corrected chi connectivity index (χ3v) is 2.56. The molecule has 1 aliphatic heterocycles. The molecule has 0 bridgehead atoms. The van der Waals surface area contributed by atoms with Crippen LogP contribution in [0.1, 0.15) is 10.4 Å². The van der Waals surface area contributed by atoms with E-state index < -0.39 is 12.0 Å². The lowest BCUT2D eigenvalue weighted by atomic mass is 10.2. The molecule has 19 heavy (non-hydrogen) atoms. The highest BCUT2D eigenvalue weighted by Gasteiger charge is 2.21. The van der Waals surface area contributed by atoms with Gasteiger partial charge in [0.1, 0.15) is 6.54 Å². The van der Waals surface area contributed by atoms with Crippen LogP contribution in [0, 0.1) is 0 Å². The maximum absolute atomic E-state index is 11.9. The molecule has 0 radical (unpaired) electrons. The number of carbonyl (C=O) groups is 3. The topological polar surface area (TPSA) is 112 Å². The monoisotopic (exact) mass is 264 g/mol. The van der Waals surface area contributed by atoms with E-state index in [9.17, 15) is 14.4 Å². The quantitative estimate of drug-likeness (QED) is 0.681. The number of carboxylic acid groups (broad SMARTS) is 1. The average Bonchev–Trinajstić information content (AvgIpc) is 2.39. The summed E-state index contributed by atoms with van der Waals surface area (Å²) in [5.74, 6) is -1.35. The predicted molar refractivity (Wildman–Crippen MR) is 64.8 cm³/mol. The van der Waals surface area contributed by atoms with Crippen molar-refractivity contribution in [2.75, 3.05) is 25.0 Å². The second kappa shape index (κ2) is 5.34. The number of urea groups is 1. The average molecular weight is 264 g/mol. The number of carbonyl (C=O) groups excluding carboxylic acids is 2. The van der Waals surface area contributed by atoms with E-state index in [-0.39, 0.29) is 23.7 Å². The second-order valence-electron chi connectivity index (χ2n) is 3.97. The number of anilines is 1. The molecule has 1 aromatic heterocycles. The highest BCUT2D eigenvalue weighted by atomic mass is 16.4. The van der Waals surface area contributed by atoms with Gasteiger partial charge < -0.3 is 20.6 Å². The summed E-state index contributed by atoms with van der Waals surface area (Å²) in [6, 6.07) is 0.844. The number of nitrogens with zero attached hydrogens (tertiary/aromatic N) is 2. The lowest BCUT2D eigenvalue weighted by Crippen LogP contribution is -2.51. The number of aromatic nitrogens is 1. The fourth-order valence-corrected chi connectivity index (χ4v) is 1.64. The molecule has 0 aromatic carbocycles. The Balaban J connectivity index is 2.04. The van der Waals surface area contributed by atoms with Crippen molar-refractivity contribution in [3.63, 3.8) is 0 Å². The van der Waals surface area contributed by atoms with Gasteiger partial charge >= 0.3 is 12.0 Å². The Hall–Kier alpha value is -2.64. The van der Waals surface area contributed by atoms with Crippen molar-refractivity contribution in [2.45, 2.75) is 0 Å². The van der Waals surface area contributed by atoms with Crippen LogP contribution in [0.2, 0.25) is 0 Å². The molecule has 8 heteroatoms. The molecule has 0 aliphatic carbocycles. The third-order valence-electron chi connectivity index (χ3n) is 2.56. The number of aromatic carboxylic acids is 1. The van der Waals surface area contributed by atoms with Crippen LogP contribution >= 0.6 is 0 Å². The normalized spacial score (nSPS) is 14.7. The van der Waals surface area contributed by atoms with E-state index in [0.29, 0.717) is 13.1 Å². The third kappa shape index (κ3) is 3.18. The van der Waals surface area contributed by atoms with Crippen LogP contribution in [-0.2, 0) is 4.79 Å². The van der Waals surface area contributed by atoms with Crippen molar-refractivity contribution < 1.29 is 19.5 Å². The summed E-state index contributed by atoms with van der Waals surface area (Å²) in [6.07, 6.45) is 2.53. The standard InChI is InChI=1S/C11H12N4O4/c16-9-6-15(2-1-13-9)11(19)14-8-3-7(10(17)18)4-12-5-8/h3-5H,1-2,6H2,(H,13,16)(H,14,19)(H,17,18). The van der Waals surface area contributed by atoms with Gasteiger partial charge in [0.2, 0.25) is 5.91 Å². The van der Waals surface area contributed by atoms with E-state index in [1.54, 1.807) is 0 Å². The van der Waals surface area contributed by atoms with Gasteiger partial charge in [-0.1, -0.05) is 0 Å². The summed E-state index contributed by atoms with van der Waals surface area (Å²) in [7, 11) is 0. The molecule has 2 rings (SSSR count). The number of pyridine rings is 1. The first kappa shape index (κ1) is 12.8. The molecule has 1 saturated heterocycles. The fourth-order valence-electron chi connectivity index (χ4n) is 1.64. The van der Waals surface area contributed by atoms with Crippen molar-refractivity contribution in [1.29, 1.82) is 0 Å². The Morgan fingerprint density at radius 3 is 2.89 bits per heavy atom. The Labute approximate surface area is 108 Å². The molecule has 2 heterocycles. The molecule has 0 saturated carbocycles. The van der Waals surface area contributed by atoms with E-state index in [0.717, 1.165) is 0 Å². The zero-order valence-corrected chi connectivity index (χ0v) is 9.92. The van der Waals surface area contributed by atoms with Gasteiger partial charge in [0.15, 0.2) is 0 Å². The SMILES string of the molecule is O=C1CN(C(=O)Nc2cncc(C(=O)O)c2)CCN1. The van der Waals surface area contributed by atoms with Crippen LogP contribution in [0.25, 0.3) is 0 Å². The number of nitrogens with one attached hydrogen (secondary N) is 2. The van der Waals surface area contributed by atoms with Crippen LogP contribution < -0.4 is 10.6 Å². The Morgan fingerprint density at radius 1 is 1.42 bits per heavy atom. The first-order chi connectivity index (χ1) is 9.06. The number of hydrogen-bond acceptors (Lipinski definition) is 4. The minimum Gasteiger partial charge on any atom is -0.478 e. The summed E-state index contributed by atoms with van der Waals surface area (Å²) in [4.78, 5) is 38.8. The molecular formula is C11H12N4O4. The van der Waals surface area contributed by atoms with Crippen LogP contribution in [0.5, 0.6) is 0 Å². The smallest absolute Gasteiger partial charge is 0.337 e. The summed E-state index contributed by atoms with van der Waals surface area (Å²) >= 11 is 0. The fraction of sp³-hybridized carbons (Fsp3) is 0.273. The second-order valence-corrected chi connectivity index (χ2v) is 3.97. The zero-order chi connectivity index (χ0) is 13.8. The van der Waals surface area contributed by atoms with Crippen LogP contribution in [0.4, 0.5) is 10.5 Å². The lowest BCUT2D eigenvalue weighted by Gasteiger charge is -2.26. The van der Waals surface area contributed by atoms with Crippen LogP contribution in [0.15, 0.2) is 18.5 Å². The molecule has 1 aromatic rings. The Kier molecular flexibility index (Phi) is 3.60. The van der Waals surface area contributed by atoms with E-state index in [2.05, 4.69) is 15.6 Å². The lowest BCUT2D eigenvalue weighted by molar-refractivity contribution is -0.123. The van der Waals surface area contributed by atoms with Crippen molar-refractivity contribution in [1.82, 2.24) is 15.2 Å². The summed E-state index contributed by atoms with van der Waals surface area (Å²) in [5.41, 5.74) is 0.255. The molecule has 8 nitrogen and oxygen atoms in total. The minimum absolute atomic E-state index is 0.0160. The van der Waals surface area contributed by atoms with Crippen molar-refractivity contribution >= 4 is 23.6 Å². The minimum atomic E-state index is -1.12. The molecular weight excluding hydrogens is 252 g/mol. The van der Waals surface area contributed by atoms with Crippen LogP contribution in [0.3, 0.4) is 0 Å². The molecule has 3 N–H and O–H groups in total. The maximum atomic E-state index is 11.9. The van der Waals surface area contributed by atoms with Crippen molar-refractivity contribution in [2.24, 2.45) is 0 Å². The molecule has 0 spiro atoms.